The molecule has 142 valence electrons. The number of hydrogen-bond donors (Lipinski definition) is 2. The predicted molar refractivity (Wildman–Crippen MR) is 115 cm³/mol. The summed E-state index contributed by atoms with van der Waals surface area (Å²) in [5.74, 6) is 1.31. The zero-order chi connectivity index (χ0) is 19.5. The van der Waals surface area contributed by atoms with E-state index in [2.05, 4.69) is 22.4 Å². The van der Waals surface area contributed by atoms with E-state index in [4.69, 9.17) is 33.3 Å². The molecule has 0 saturated carbocycles. The maximum absolute atomic E-state index is 6.01. The molecule has 0 aliphatic carbocycles. The van der Waals surface area contributed by atoms with Gasteiger partial charge in [-0.25, -0.2) is 0 Å². The number of halogens is 1. The third-order valence-corrected chi connectivity index (χ3v) is 3.81. The number of rotatable bonds is 9. The second-order valence-electron chi connectivity index (χ2n) is 5.43. The lowest BCUT2D eigenvalue weighted by Gasteiger charge is -2.13. The van der Waals surface area contributed by atoms with E-state index >= 15 is 0 Å². The van der Waals surface area contributed by atoms with E-state index < -0.39 is 0 Å². The van der Waals surface area contributed by atoms with Crippen LogP contribution in [-0.2, 0) is 6.61 Å². The Morgan fingerprint density at radius 3 is 2.81 bits per heavy atom. The van der Waals surface area contributed by atoms with Crippen molar-refractivity contribution in [3.05, 3.63) is 71.3 Å². The Hall–Kier alpha value is -2.57. The smallest absolute Gasteiger partial charge is 0.187 e. The molecule has 0 saturated heterocycles. The number of ether oxygens (including phenoxy) is 2. The lowest BCUT2D eigenvalue weighted by atomic mass is 10.2. The SMILES string of the molecule is C=CCNC(=S)NN=Cc1ccc(OCc2cccc(Cl)c2)c(OCC)c1. The summed E-state index contributed by atoms with van der Waals surface area (Å²) in [6, 6.07) is 13.2. The van der Waals surface area contributed by atoms with Gasteiger partial charge in [-0.1, -0.05) is 29.8 Å². The van der Waals surface area contributed by atoms with Gasteiger partial charge in [-0.2, -0.15) is 5.10 Å². The van der Waals surface area contributed by atoms with Crippen molar-refractivity contribution >= 4 is 35.1 Å². The Labute approximate surface area is 170 Å². The Morgan fingerprint density at radius 1 is 1.22 bits per heavy atom. The first kappa shape index (κ1) is 20.7. The Morgan fingerprint density at radius 2 is 2.07 bits per heavy atom. The molecule has 0 spiro atoms. The van der Waals surface area contributed by atoms with Gasteiger partial charge < -0.3 is 14.8 Å². The molecule has 27 heavy (non-hydrogen) atoms. The van der Waals surface area contributed by atoms with Crippen molar-refractivity contribution in [1.29, 1.82) is 0 Å². The molecule has 0 radical (unpaired) electrons. The van der Waals surface area contributed by atoms with E-state index in [1.165, 1.54) is 0 Å². The van der Waals surface area contributed by atoms with Gasteiger partial charge in [0.2, 0.25) is 0 Å². The molecule has 0 fully saturated rings. The van der Waals surface area contributed by atoms with Crippen molar-refractivity contribution in [2.24, 2.45) is 5.10 Å². The molecule has 0 aliphatic heterocycles. The Bertz CT molecular complexity index is 812. The highest BCUT2D eigenvalue weighted by Crippen LogP contribution is 2.29. The zero-order valence-corrected chi connectivity index (χ0v) is 16.6. The van der Waals surface area contributed by atoms with Crippen LogP contribution in [0.25, 0.3) is 0 Å². The van der Waals surface area contributed by atoms with E-state index in [9.17, 15) is 0 Å². The summed E-state index contributed by atoms with van der Waals surface area (Å²) in [7, 11) is 0. The van der Waals surface area contributed by atoms with Gasteiger partial charge in [0.15, 0.2) is 16.6 Å². The second kappa shape index (κ2) is 11.2. The Balaban J connectivity index is 2.02. The standard InChI is InChI=1S/C20H22ClN3O2S/c1-3-10-22-20(27)24-23-13-15-8-9-18(19(12-15)25-4-2)26-14-16-6-5-7-17(21)11-16/h3,5-9,11-13H,1,4,10,14H2,2H3,(H2,22,24,27). The first-order valence-corrected chi connectivity index (χ1v) is 9.23. The molecular formula is C20H22ClN3O2S. The van der Waals surface area contributed by atoms with E-state index in [0.717, 1.165) is 11.1 Å². The molecule has 0 atom stereocenters. The first-order valence-electron chi connectivity index (χ1n) is 8.44. The average molecular weight is 404 g/mol. The second-order valence-corrected chi connectivity index (χ2v) is 6.27. The summed E-state index contributed by atoms with van der Waals surface area (Å²) in [5, 5.41) is 8.14. The molecule has 0 unspecified atom stereocenters. The van der Waals surface area contributed by atoms with Crippen LogP contribution in [0.4, 0.5) is 0 Å². The van der Waals surface area contributed by atoms with Gasteiger partial charge in [0.05, 0.1) is 12.8 Å². The number of nitrogens with zero attached hydrogens (tertiary/aromatic N) is 1. The van der Waals surface area contributed by atoms with E-state index in [-0.39, 0.29) is 0 Å². The van der Waals surface area contributed by atoms with Crippen molar-refractivity contribution in [3.63, 3.8) is 0 Å². The van der Waals surface area contributed by atoms with Crippen LogP contribution in [0.1, 0.15) is 18.1 Å². The summed E-state index contributed by atoms with van der Waals surface area (Å²) < 4.78 is 11.6. The molecular weight excluding hydrogens is 382 g/mol. The molecule has 0 amide bonds. The van der Waals surface area contributed by atoms with Crippen LogP contribution in [0.2, 0.25) is 5.02 Å². The van der Waals surface area contributed by atoms with Crippen LogP contribution >= 0.6 is 23.8 Å². The summed E-state index contributed by atoms with van der Waals surface area (Å²) >= 11 is 11.1. The summed E-state index contributed by atoms with van der Waals surface area (Å²) in [6.07, 6.45) is 3.37. The third-order valence-electron chi connectivity index (χ3n) is 3.34. The lowest BCUT2D eigenvalue weighted by Crippen LogP contribution is -2.31. The van der Waals surface area contributed by atoms with Gasteiger partial charge >= 0.3 is 0 Å². The van der Waals surface area contributed by atoms with Crippen LogP contribution in [0.3, 0.4) is 0 Å². The highest BCUT2D eigenvalue weighted by Gasteiger charge is 2.07. The highest BCUT2D eigenvalue weighted by atomic mass is 35.5. The molecule has 2 aromatic carbocycles. The van der Waals surface area contributed by atoms with Gasteiger partial charge in [-0.15, -0.1) is 6.58 Å². The minimum Gasteiger partial charge on any atom is -0.490 e. The van der Waals surface area contributed by atoms with Crippen LogP contribution in [0.15, 0.2) is 60.2 Å². The number of thiocarbonyl (C=S) groups is 1. The quantitative estimate of drug-likeness (QED) is 0.283. The van der Waals surface area contributed by atoms with Gasteiger partial charge in [0.1, 0.15) is 6.61 Å². The number of hydrogen-bond acceptors (Lipinski definition) is 4. The maximum atomic E-state index is 6.01. The predicted octanol–water partition coefficient (Wildman–Crippen LogP) is 4.30. The fraction of sp³-hybridized carbons (Fsp3) is 0.200. The van der Waals surface area contributed by atoms with Crippen LogP contribution in [0.5, 0.6) is 11.5 Å². The van der Waals surface area contributed by atoms with E-state index in [0.29, 0.717) is 41.4 Å². The van der Waals surface area contributed by atoms with Crippen molar-refractivity contribution in [1.82, 2.24) is 10.7 Å². The van der Waals surface area contributed by atoms with Crippen LogP contribution in [-0.4, -0.2) is 24.5 Å². The zero-order valence-electron chi connectivity index (χ0n) is 15.1. The molecule has 2 aromatic rings. The van der Waals surface area contributed by atoms with Gasteiger partial charge in [-0.05, 0) is 60.6 Å². The Kier molecular flexibility index (Phi) is 8.61. The fourth-order valence-electron chi connectivity index (χ4n) is 2.15. The van der Waals surface area contributed by atoms with Gasteiger partial charge in [-0.3, -0.25) is 5.43 Å². The van der Waals surface area contributed by atoms with Crippen molar-refractivity contribution < 1.29 is 9.47 Å². The molecule has 0 aromatic heterocycles. The highest BCUT2D eigenvalue weighted by molar-refractivity contribution is 7.80. The van der Waals surface area contributed by atoms with Gasteiger partial charge in [0, 0.05) is 11.6 Å². The van der Waals surface area contributed by atoms with Crippen molar-refractivity contribution in [3.8, 4) is 11.5 Å². The molecule has 2 N–H and O–H groups in total. The minimum atomic E-state index is 0.402. The fourth-order valence-corrected chi connectivity index (χ4v) is 2.50. The lowest BCUT2D eigenvalue weighted by molar-refractivity contribution is 0.269. The molecule has 2 rings (SSSR count). The molecule has 7 heteroatoms. The number of benzene rings is 2. The number of hydrazone groups is 1. The molecule has 0 bridgehead atoms. The largest absolute Gasteiger partial charge is 0.490 e. The number of nitrogens with one attached hydrogen (secondary N) is 2. The average Bonchev–Trinajstić information content (AvgIpc) is 2.66. The van der Waals surface area contributed by atoms with E-state index in [1.54, 1.807) is 12.3 Å². The first-order chi connectivity index (χ1) is 13.1. The van der Waals surface area contributed by atoms with E-state index in [1.807, 2.05) is 49.4 Å². The topological polar surface area (TPSA) is 54.9 Å². The van der Waals surface area contributed by atoms with Crippen LogP contribution in [0, 0.1) is 0 Å². The molecule has 5 nitrogen and oxygen atoms in total. The maximum Gasteiger partial charge on any atom is 0.187 e. The summed E-state index contributed by atoms with van der Waals surface area (Å²) in [4.78, 5) is 0. The third kappa shape index (κ3) is 7.29. The van der Waals surface area contributed by atoms with Crippen LogP contribution < -0.4 is 20.2 Å². The molecule has 0 aliphatic rings. The van der Waals surface area contributed by atoms with Crippen molar-refractivity contribution in [2.45, 2.75) is 13.5 Å². The summed E-state index contributed by atoms with van der Waals surface area (Å²) in [5.41, 5.74) is 4.58. The monoisotopic (exact) mass is 403 g/mol. The molecule has 0 heterocycles. The normalized spacial score (nSPS) is 10.4. The van der Waals surface area contributed by atoms with Crippen molar-refractivity contribution in [2.75, 3.05) is 13.2 Å². The summed E-state index contributed by atoms with van der Waals surface area (Å²) in [6.45, 7) is 7.05. The minimum absolute atomic E-state index is 0.402. The van der Waals surface area contributed by atoms with Gasteiger partial charge in [0.25, 0.3) is 0 Å².